The summed E-state index contributed by atoms with van der Waals surface area (Å²) in [5, 5.41) is 4.09. The van der Waals surface area contributed by atoms with Gasteiger partial charge < -0.3 is 20.2 Å². The largest absolute Gasteiger partial charge is 0.484 e. The van der Waals surface area contributed by atoms with Crippen LogP contribution in [0.25, 0.3) is 11.0 Å². The highest BCUT2D eigenvalue weighted by Crippen LogP contribution is 2.37. The lowest BCUT2D eigenvalue weighted by atomic mass is 9.95. The lowest BCUT2D eigenvalue weighted by Gasteiger charge is -2.11. The van der Waals surface area contributed by atoms with Gasteiger partial charge in [-0.3, -0.25) is 9.59 Å². The molecule has 0 radical (unpaired) electrons. The van der Waals surface area contributed by atoms with Gasteiger partial charge in [-0.2, -0.15) is 0 Å². The van der Waals surface area contributed by atoms with E-state index < -0.39 is 11.5 Å². The normalized spacial score (nSPS) is 13.1. The van der Waals surface area contributed by atoms with E-state index in [1.807, 2.05) is 13.0 Å². The summed E-state index contributed by atoms with van der Waals surface area (Å²) in [7, 11) is 0. The van der Waals surface area contributed by atoms with Gasteiger partial charge in [-0.1, -0.05) is 6.92 Å². The molecule has 0 unspecified atom stereocenters. The van der Waals surface area contributed by atoms with Crippen molar-refractivity contribution in [2.24, 2.45) is 5.73 Å². The molecular weight excluding hydrogens is 404 g/mol. The van der Waals surface area contributed by atoms with Crippen LogP contribution >= 0.6 is 11.3 Å². The van der Waals surface area contributed by atoms with Crippen LogP contribution < -0.4 is 21.4 Å². The minimum atomic E-state index is -0.526. The number of benzene rings is 1. The lowest BCUT2D eigenvalue weighted by Crippen LogP contribution is -2.22. The molecule has 156 valence electrons. The molecule has 7 nitrogen and oxygen atoms in total. The topological polar surface area (TPSA) is 112 Å². The van der Waals surface area contributed by atoms with Gasteiger partial charge in [-0.25, -0.2) is 4.79 Å². The number of primary amides is 1. The molecule has 4 rings (SSSR count). The number of amides is 2. The van der Waals surface area contributed by atoms with Gasteiger partial charge in [0.15, 0.2) is 6.61 Å². The van der Waals surface area contributed by atoms with Gasteiger partial charge in [0.1, 0.15) is 16.3 Å². The molecule has 1 aromatic carbocycles. The average Bonchev–Trinajstić information content (AvgIpc) is 3.09. The Bertz CT molecular complexity index is 1190. The number of hydrogen-bond acceptors (Lipinski definition) is 6. The van der Waals surface area contributed by atoms with E-state index in [4.69, 9.17) is 14.9 Å². The number of thiophene rings is 1. The Kier molecular flexibility index (Phi) is 5.59. The number of rotatable bonds is 6. The summed E-state index contributed by atoms with van der Waals surface area (Å²) in [5.74, 6) is -0.503. The van der Waals surface area contributed by atoms with Crippen molar-refractivity contribution in [3.8, 4) is 5.75 Å². The maximum atomic E-state index is 12.4. The van der Waals surface area contributed by atoms with Crippen molar-refractivity contribution in [2.75, 3.05) is 11.9 Å². The van der Waals surface area contributed by atoms with Crippen LogP contribution in [-0.2, 0) is 24.1 Å². The molecule has 2 aromatic heterocycles. The molecule has 1 aliphatic carbocycles. The van der Waals surface area contributed by atoms with E-state index in [0.29, 0.717) is 28.3 Å². The number of fused-ring (bicyclic) bond motifs is 2. The van der Waals surface area contributed by atoms with Gasteiger partial charge >= 0.3 is 5.63 Å². The van der Waals surface area contributed by atoms with Crippen LogP contribution in [0.2, 0.25) is 0 Å². The Morgan fingerprint density at radius 2 is 2.03 bits per heavy atom. The van der Waals surface area contributed by atoms with Crippen molar-refractivity contribution in [2.45, 2.75) is 39.0 Å². The first-order chi connectivity index (χ1) is 14.5. The van der Waals surface area contributed by atoms with Crippen LogP contribution in [0.15, 0.2) is 33.5 Å². The Morgan fingerprint density at radius 3 is 2.80 bits per heavy atom. The molecule has 2 amide bonds. The zero-order valence-electron chi connectivity index (χ0n) is 16.6. The minimum absolute atomic E-state index is 0.246. The number of nitrogens with one attached hydrogen (secondary N) is 1. The maximum absolute atomic E-state index is 12.4. The van der Waals surface area contributed by atoms with Crippen LogP contribution in [-0.4, -0.2) is 18.4 Å². The van der Waals surface area contributed by atoms with Gasteiger partial charge in [0.2, 0.25) is 0 Å². The number of aryl methyl sites for hydroxylation is 2. The fraction of sp³-hybridized carbons (Fsp3) is 0.318. The standard InChI is InChI=1S/C22H22N2O5S/c1-2-12-9-19(26)29-16-10-13(7-8-14(12)16)28-11-18(25)24-22-20(21(23)27)15-5-3-4-6-17(15)30-22/h7-10H,2-6,11H2,1H3,(H2,23,27)(H,24,25). The van der Waals surface area contributed by atoms with Crippen LogP contribution in [0.4, 0.5) is 5.00 Å². The van der Waals surface area contributed by atoms with Gasteiger partial charge in [0, 0.05) is 22.4 Å². The third-order valence-electron chi connectivity index (χ3n) is 5.22. The van der Waals surface area contributed by atoms with Crippen LogP contribution in [0.5, 0.6) is 5.75 Å². The van der Waals surface area contributed by atoms with E-state index in [2.05, 4.69) is 5.32 Å². The summed E-state index contributed by atoms with van der Waals surface area (Å²) < 4.78 is 10.8. The molecule has 0 saturated heterocycles. The SMILES string of the molecule is CCc1cc(=O)oc2cc(OCC(=O)Nc3sc4c(c3C(N)=O)CCCC4)ccc12. The molecule has 3 aromatic rings. The van der Waals surface area contributed by atoms with Crippen molar-refractivity contribution in [3.63, 3.8) is 0 Å². The van der Waals surface area contributed by atoms with Crippen molar-refractivity contribution < 1.29 is 18.7 Å². The van der Waals surface area contributed by atoms with E-state index in [9.17, 15) is 14.4 Å². The third-order valence-corrected chi connectivity index (χ3v) is 6.43. The van der Waals surface area contributed by atoms with Crippen LogP contribution in [0, 0.1) is 0 Å². The van der Waals surface area contributed by atoms with Crippen molar-refractivity contribution in [1.82, 2.24) is 0 Å². The maximum Gasteiger partial charge on any atom is 0.336 e. The molecule has 30 heavy (non-hydrogen) atoms. The highest BCUT2D eigenvalue weighted by atomic mass is 32.1. The predicted molar refractivity (Wildman–Crippen MR) is 115 cm³/mol. The Labute approximate surface area is 176 Å². The van der Waals surface area contributed by atoms with Gasteiger partial charge in [-0.05, 0) is 55.4 Å². The number of ether oxygens (including phenoxy) is 1. The van der Waals surface area contributed by atoms with E-state index in [1.54, 1.807) is 12.1 Å². The molecule has 0 aliphatic heterocycles. The van der Waals surface area contributed by atoms with E-state index in [-0.39, 0.29) is 12.5 Å². The molecule has 3 N–H and O–H groups in total. The van der Waals surface area contributed by atoms with Gasteiger partial charge in [0.25, 0.3) is 11.8 Å². The highest BCUT2D eigenvalue weighted by Gasteiger charge is 2.25. The fourth-order valence-electron chi connectivity index (χ4n) is 3.82. The number of carbonyl (C=O) groups excluding carboxylic acids is 2. The smallest absolute Gasteiger partial charge is 0.336 e. The fourth-order valence-corrected chi connectivity index (χ4v) is 5.13. The third kappa shape index (κ3) is 3.95. The Hall–Kier alpha value is -3.13. The number of anilines is 1. The summed E-state index contributed by atoms with van der Waals surface area (Å²) in [6, 6.07) is 6.62. The average molecular weight is 426 g/mol. The summed E-state index contributed by atoms with van der Waals surface area (Å²) in [6.07, 6.45) is 4.49. The van der Waals surface area contributed by atoms with E-state index in [0.717, 1.165) is 47.1 Å². The molecule has 0 spiro atoms. The minimum Gasteiger partial charge on any atom is -0.484 e. The molecule has 0 atom stereocenters. The Morgan fingerprint density at radius 1 is 1.23 bits per heavy atom. The number of nitrogens with two attached hydrogens (primary N) is 1. The van der Waals surface area contributed by atoms with Crippen molar-refractivity contribution in [1.29, 1.82) is 0 Å². The molecule has 0 bridgehead atoms. The Balaban J connectivity index is 1.49. The molecular formula is C22H22N2O5S. The quantitative estimate of drug-likeness (QED) is 0.587. The first-order valence-corrected chi connectivity index (χ1v) is 10.7. The monoisotopic (exact) mass is 426 g/mol. The zero-order chi connectivity index (χ0) is 21.3. The first-order valence-electron chi connectivity index (χ1n) is 9.90. The van der Waals surface area contributed by atoms with Crippen molar-refractivity contribution >= 4 is 39.1 Å². The number of hydrogen-bond donors (Lipinski definition) is 2. The van der Waals surface area contributed by atoms with Crippen molar-refractivity contribution in [3.05, 3.63) is 56.3 Å². The summed E-state index contributed by atoms with van der Waals surface area (Å²) in [6.45, 7) is 1.72. The van der Waals surface area contributed by atoms with E-state index >= 15 is 0 Å². The molecule has 1 aliphatic rings. The number of carbonyl (C=O) groups is 2. The molecule has 0 saturated carbocycles. The zero-order valence-corrected chi connectivity index (χ0v) is 17.4. The summed E-state index contributed by atoms with van der Waals surface area (Å²) in [4.78, 5) is 37.2. The lowest BCUT2D eigenvalue weighted by molar-refractivity contribution is -0.118. The second-order valence-corrected chi connectivity index (χ2v) is 8.32. The van der Waals surface area contributed by atoms with Gasteiger partial charge in [-0.15, -0.1) is 11.3 Å². The predicted octanol–water partition coefficient (Wildman–Crippen LogP) is 3.41. The molecule has 8 heteroatoms. The summed E-state index contributed by atoms with van der Waals surface area (Å²) >= 11 is 1.41. The van der Waals surface area contributed by atoms with E-state index in [1.165, 1.54) is 17.4 Å². The molecule has 2 heterocycles. The highest BCUT2D eigenvalue weighted by molar-refractivity contribution is 7.17. The van der Waals surface area contributed by atoms with Gasteiger partial charge in [0.05, 0.1) is 5.56 Å². The van der Waals surface area contributed by atoms with Crippen LogP contribution in [0.1, 0.15) is 46.1 Å². The molecule has 0 fully saturated rings. The first kappa shape index (κ1) is 20.2. The summed E-state index contributed by atoms with van der Waals surface area (Å²) in [5.41, 5.74) is 7.83. The van der Waals surface area contributed by atoms with Crippen LogP contribution in [0.3, 0.4) is 0 Å². The second-order valence-electron chi connectivity index (χ2n) is 7.22. The second kappa shape index (κ2) is 8.31.